The fourth-order valence-corrected chi connectivity index (χ4v) is 3.08. The number of nitro groups is 1. The van der Waals surface area contributed by atoms with Crippen LogP contribution in [-0.4, -0.2) is 23.1 Å². The van der Waals surface area contributed by atoms with Gasteiger partial charge in [-0.05, 0) is 36.6 Å². The van der Waals surface area contributed by atoms with Gasteiger partial charge in [-0.1, -0.05) is 24.3 Å². The van der Waals surface area contributed by atoms with E-state index in [1.54, 1.807) is 18.2 Å². The third-order valence-corrected chi connectivity index (χ3v) is 4.86. The monoisotopic (exact) mass is 362 g/mol. The zero-order chi connectivity index (χ0) is 18.2. The third kappa shape index (κ3) is 6.19. The van der Waals surface area contributed by atoms with Gasteiger partial charge in [0.05, 0.1) is 10.7 Å². The van der Waals surface area contributed by atoms with Crippen LogP contribution in [0.2, 0.25) is 0 Å². The topological polar surface area (TPSA) is 72.2 Å². The maximum atomic E-state index is 12.8. The fourth-order valence-electron chi connectivity index (χ4n) is 2.24. The van der Waals surface area contributed by atoms with Crippen molar-refractivity contribution in [3.8, 4) is 0 Å². The summed E-state index contributed by atoms with van der Waals surface area (Å²) in [5.74, 6) is -0.100. The van der Waals surface area contributed by atoms with Gasteiger partial charge in [-0.2, -0.15) is 0 Å². The summed E-state index contributed by atoms with van der Waals surface area (Å²) in [6.07, 6.45) is 0.636. The van der Waals surface area contributed by atoms with Gasteiger partial charge in [0.1, 0.15) is 5.82 Å². The smallest absolute Gasteiger partial charge is 0.269 e. The Balaban J connectivity index is 1.74. The predicted octanol–water partition coefficient (Wildman–Crippen LogP) is 3.89. The molecule has 0 aliphatic heterocycles. The number of halogens is 1. The fraction of sp³-hybridized carbons (Fsp3) is 0.278. The van der Waals surface area contributed by atoms with Crippen LogP contribution >= 0.6 is 11.8 Å². The van der Waals surface area contributed by atoms with E-state index < -0.39 is 4.92 Å². The maximum Gasteiger partial charge on any atom is 0.269 e. The van der Waals surface area contributed by atoms with Crippen molar-refractivity contribution in [2.45, 2.75) is 18.6 Å². The first-order chi connectivity index (χ1) is 12.0. The molecule has 2 aromatic rings. The van der Waals surface area contributed by atoms with Gasteiger partial charge < -0.3 is 5.32 Å². The molecule has 7 heteroatoms. The minimum Gasteiger partial charge on any atom is -0.355 e. The van der Waals surface area contributed by atoms with Crippen molar-refractivity contribution in [1.29, 1.82) is 0 Å². The predicted molar refractivity (Wildman–Crippen MR) is 97.1 cm³/mol. The van der Waals surface area contributed by atoms with E-state index in [-0.39, 0.29) is 28.4 Å². The van der Waals surface area contributed by atoms with E-state index in [1.807, 2.05) is 13.0 Å². The van der Waals surface area contributed by atoms with Gasteiger partial charge in [-0.15, -0.1) is 11.8 Å². The highest BCUT2D eigenvalue weighted by Crippen LogP contribution is 2.29. The number of amides is 1. The number of nitrogens with zero attached hydrogens (tertiary/aromatic N) is 1. The van der Waals surface area contributed by atoms with E-state index in [1.165, 1.54) is 36.0 Å². The molecule has 0 aromatic heterocycles. The van der Waals surface area contributed by atoms with Crippen LogP contribution < -0.4 is 5.32 Å². The van der Waals surface area contributed by atoms with Gasteiger partial charge in [0, 0.05) is 23.9 Å². The molecule has 0 fully saturated rings. The highest BCUT2D eigenvalue weighted by atomic mass is 32.2. The van der Waals surface area contributed by atoms with Crippen LogP contribution in [0.15, 0.2) is 48.5 Å². The summed E-state index contributed by atoms with van der Waals surface area (Å²) < 4.78 is 12.8. The Kier molecular flexibility index (Phi) is 6.94. The molecule has 1 N–H and O–H groups in total. The summed E-state index contributed by atoms with van der Waals surface area (Å²) in [4.78, 5) is 22.3. The average Bonchev–Trinajstić information content (AvgIpc) is 2.61. The van der Waals surface area contributed by atoms with E-state index in [0.29, 0.717) is 13.0 Å². The molecule has 0 heterocycles. The minimum absolute atomic E-state index is 0.0252. The van der Waals surface area contributed by atoms with Gasteiger partial charge >= 0.3 is 0 Å². The number of non-ortho nitro benzene ring substituents is 1. The first kappa shape index (κ1) is 18.9. The molecule has 0 saturated heterocycles. The average molecular weight is 362 g/mol. The molecule has 2 aromatic carbocycles. The highest BCUT2D eigenvalue weighted by Gasteiger charge is 2.13. The number of rotatable bonds is 8. The third-order valence-electron chi connectivity index (χ3n) is 3.66. The Morgan fingerprint density at radius 2 is 2.00 bits per heavy atom. The molecule has 2 rings (SSSR count). The Labute approximate surface area is 149 Å². The second-order valence-corrected chi connectivity index (χ2v) is 6.86. The van der Waals surface area contributed by atoms with Crippen LogP contribution in [0, 0.1) is 15.9 Å². The number of hydrogen-bond acceptors (Lipinski definition) is 4. The normalized spacial score (nSPS) is 11.8. The molecule has 1 amide bonds. The van der Waals surface area contributed by atoms with Crippen LogP contribution in [0.1, 0.15) is 23.3 Å². The van der Waals surface area contributed by atoms with Gasteiger partial charge in [0.25, 0.3) is 5.69 Å². The highest BCUT2D eigenvalue weighted by molar-refractivity contribution is 8.00. The summed E-state index contributed by atoms with van der Waals surface area (Å²) in [5, 5.41) is 13.6. The quantitative estimate of drug-likeness (QED) is 0.571. The first-order valence-corrected chi connectivity index (χ1v) is 8.87. The molecule has 0 saturated carbocycles. The lowest BCUT2D eigenvalue weighted by atomic mass is 10.1. The maximum absolute atomic E-state index is 12.8. The lowest BCUT2D eigenvalue weighted by Crippen LogP contribution is -2.27. The summed E-state index contributed by atoms with van der Waals surface area (Å²) >= 11 is 1.42. The zero-order valence-corrected chi connectivity index (χ0v) is 14.6. The van der Waals surface area contributed by atoms with Crippen molar-refractivity contribution in [2.24, 2.45) is 0 Å². The first-order valence-electron chi connectivity index (χ1n) is 7.83. The second-order valence-electron chi connectivity index (χ2n) is 5.53. The van der Waals surface area contributed by atoms with E-state index in [4.69, 9.17) is 0 Å². The molecule has 0 unspecified atom stereocenters. The van der Waals surface area contributed by atoms with Crippen molar-refractivity contribution in [1.82, 2.24) is 5.32 Å². The summed E-state index contributed by atoms with van der Waals surface area (Å²) in [6.45, 7) is 2.39. The minimum atomic E-state index is -0.428. The van der Waals surface area contributed by atoms with Crippen LogP contribution in [0.3, 0.4) is 0 Å². The molecule has 132 valence electrons. The molecule has 0 aliphatic carbocycles. The number of thioether (sulfide) groups is 1. The number of nitrogens with one attached hydrogen (secondary N) is 1. The van der Waals surface area contributed by atoms with Crippen molar-refractivity contribution >= 4 is 23.4 Å². The SMILES string of the molecule is C[C@@H](SCC(=O)NCCc1ccc(F)cc1)c1cccc([N+](=O)[O-])c1. The molecule has 0 radical (unpaired) electrons. The summed E-state index contributed by atoms with van der Waals surface area (Å²) in [5.41, 5.74) is 1.83. The van der Waals surface area contributed by atoms with Crippen LogP contribution in [0.4, 0.5) is 10.1 Å². The number of hydrogen-bond donors (Lipinski definition) is 1. The van der Waals surface area contributed by atoms with Crippen LogP contribution in [0.25, 0.3) is 0 Å². The number of carbonyl (C=O) groups excluding carboxylic acids is 1. The standard InChI is InChI=1S/C18H19FN2O3S/c1-13(15-3-2-4-17(11-15)21(23)24)25-12-18(22)20-10-9-14-5-7-16(19)8-6-14/h2-8,11,13H,9-10,12H2,1H3,(H,20,22)/t13-/m1/s1. The lowest BCUT2D eigenvalue weighted by Gasteiger charge is -2.11. The Morgan fingerprint density at radius 1 is 1.28 bits per heavy atom. The molecule has 1 atom stereocenters. The van der Waals surface area contributed by atoms with Crippen molar-refractivity contribution in [3.05, 3.63) is 75.6 Å². The van der Waals surface area contributed by atoms with E-state index >= 15 is 0 Å². The van der Waals surface area contributed by atoms with Gasteiger partial charge in [0.2, 0.25) is 5.91 Å². The van der Waals surface area contributed by atoms with E-state index in [9.17, 15) is 19.3 Å². The van der Waals surface area contributed by atoms with Crippen molar-refractivity contribution < 1.29 is 14.1 Å². The number of nitro benzene ring substituents is 1. The van der Waals surface area contributed by atoms with Crippen LogP contribution in [-0.2, 0) is 11.2 Å². The zero-order valence-electron chi connectivity index (χ0n) is 13.8. The van der Waals surface area contributed by atoms with Crippen molar-refractivity contribution in [2.75, 3.05) is 12.3 Å². The van der Waals surface area contributed by atoms with Crippen molar-refractivity contribution in [3.63, 3.8) is 0 Å². The van der Waals surface area contributed by atoms with Gasteiger partial charge in [0.15, 0.2) is 0 Å². The Hall–Kier alpha value is -2.41. The van der Waals surface area contributed by atoms with Gasteiger partial charge in [-0.25, -0.2) is 4.39 Å². The Morgan fingerprint density at radius 3 is 2.68 bits per heavy atom. The van der Waals surface area contributed by atoms with E-state index in [2.05, 4.69) is 5.32 Å². The molecule has 0 bridgehead atoms. The van der Waals surface area contributed by atoms with E-state index in [0.717, 1.165) is 11.1 Å². The second kappa shape index (κ2) is 9.17. The van der Waals surface area contributed by atoms with Gasteiger partial charge in [-0.3, -0.25) is 14.9 Å². The number of benzene rings is 2. The summed E-state index contributed by atoms with van der Waals surface area (Å²) in [7, 11) is 0. The molecular formula is C18H19FN2O3S. The Bertz CT molecular complexity index is 737. The summed E-state index contributed by atoms with van der Waals surface area (Å²) in [6, 6.07) is 12.6. The molecule has 25 heavy (non-hydrogen) atoms. The molecule has 5 nitrogen and oxygen atoms in total. The lowest BCUT2D eigenvalue weighted by molar-refractivity contribution is -0.384. The molecule has 0 spiro atoms. The molecule has 0 aliphatic rings. The van der Waals surface area contributed by atoms with Crippen LogP contribution in [0.5, 0.6) is 0 Å². The largest absolute Gasteiger partial charge is 0.355 e. The molecular weight excluding hydrogens is 343 g/mol. The number of carbonyl (C=O) groups is 1.